The van der Waals surface area contributed by atoms with Crippen molar-refractivity contribution in [2.75, 3.05) is 0 Å². The van der Waals surface area contributed by atoms with Crippen molar-refractivity contribution < 1.29 is 0 Å². The number of nitrogens with zero attached hydrogens (tertiary/aromatic N) is 3. The van der Waals surface area contributed by atoms with Crippen LogP contribution in [0.5, 0.6) is 0 Å². The summed E-state index contributed by atoms with van der Waals surface area (Å²) in [6, 6.07) is 0.477. The Morgan fingerprint density at radius 1 is 1.22 bits per heavy atom. The average molecular weight is 127 g/mol. The van der Waals surface area contributed by atoms with E-state index in [2.05, 4.69) is 24.0 Å². The highest BCUT2D eigenvalue weighted by molar-refractivity contribution is 4.64. The Balaban J connectivity index is 0.000000640. The van der Waals surface area contributed by atoms with Crippen molar-refractivity contribution in [3.63, 3.8) is 0 Å². The Morgan fingerprint density at radius 3 is 1.89 bits per heavy atom. The van der Waals surface area contributed by atoms with Crippen LogP contribution in [0.3, 0.4) is 0 Å². The van der Waals surface area contributed by atoms with Crippen LogP contribution < -0.4 is 0 Å². The van der Waals surface area contributed by atoms with Crippen LogP contribution in [-0.2, 0) is 0 Å². The zero-order valence-electron chi connectivity index (χ0n) is 5.07. The molecule has 3 heteroatoms. The Kier molecular flexibility index (Phi) is 2.91. The molecule has 1 heterocycles. The van der Waals surface area contributed by atoms with Crippen molar-refractivity contribution in [2.24, 2.45) is 0 Å². The molecule has 0 atom stereocenters. The Labute approximate surface area is 55.7 Å². The van der Waals surface area contributed by atoms with Crippen LogP contribution in [0, 0.1) is 0 Å². The third kappa shape index (κ3) is 1.83. The van der Waals surface area contributed by atoms with Gasteiger partial charge in [0, 0.05) is 6.04 Å². The molecule has 0 unspecified atom stereocenters. The lowest BCUT2D eigenvalue weighted by Crippen LogP contribution is -1.95. The molecular formula is C6H13N3. The molecule has 1 aromatic rings. The predicted octanol–water partition coefficient (Wildman–Crippen LogP) is 1.50. The van der Waals surface area contributed by atoms with Gasteiger partial charge < -0.3 is 4.57 Å². The van der Waals surface area contributed by atoms with E-state index in [1.807, 2.05) is 4.57 Å². The number of hydrogen-bond donors (Lipinski definition) is 0. The minimum Gasteiger partial charge on any atom is -0.318 e. The smallest absolute Gasteiger partial charge is 0.119 e. The largest absolute Gasteiger partial charge is 0.318 e. The Morgan fingerprint density at radius 2 is 1.67 bits per heavy atom. The minimum atomic E-state index is 0. The van der Waals surface area contributed by atoms with Crippen LogP contribution in [0.25, 0.3) is 0 Å². The van der Waals surface area contributed by atoms with Gasteiger partial charge in [0.1, 0.15) is 12.7 Å². The first-order valence-electron chi connectivity index (χ1n) is 2.65. The maximum absolute atomic E-state index is 3.66. The van der Waals surface area contributed by atoms with E-state index < -0.39 is 0 Å². The van der Waals surface area contributed by atoms with E-state index in [0.717, 1.165) is 0 Å². The molecule has 0 spiro atoms. The van der Waals surface area contributed by atoms with E-state index in [-0.39, 0.29) is 7.43 Å². The molecule has 0 amide bonds. The second-order valence-corrected chi connectivity index (χ2v) is 2.00. The van der Waals surface area contributed by atoms with Crippen LogP contribution in [0.2, 0.25) is 0 Å². The van der Waals surface area contributed by atoms with Gasteiger partial charge in [-0.3, -0.25) is 0 Å². The zero-order chi connectivity index (χ0) is 5.98. The summed E-state index contributed by atoms with van der Waals surface area (Å²) in [6.07, 6.45) is 3.43. The van der Waals surface area contributed by atoms with Crippen molar-refractivity contribution in [1.82, 2.24) is 14.8 Å². The number of hydrogen-bond acceptors (Lipinski definition) is 2. The molecule has 0 aromatic carbocycles. The van der Waals surface area contributed by atoms with E-state index in [1.54, 1.807) is 12.7 Å². The third-order valence-electron chi connectivity index (χ3n) is 1.03. The fourth-order valence-electron chi connectivity index (χ4n) is 0.475. The Hall–Kier alpha value is -0.860. The summed E-state index contributed by atoms with van der Waals surface area (Å²) in [4.78, 5) is 0. The fraction of sp³-hybridized carbons (Fsp3) is 0.667. The van der Waals surface area contributed by atoms with Crippen molar-refractivity contribution in [3.05, 3.63) is 12.7 Å². The lowest BCUT2D eigenvalue weighted by Gasteiger charge is -2.01. The van der Waals surface area contributed by atoms with Crippen LogP contribution in [0.1, 0.15) is 27.3 Å². The van der Waals surface area contributed by atoms with E-state index in [1.165, 1.54) is 0 Å². The first-order chi connectivity index (χ1) is 3.80. The van der Waals surface area contributed by atoms with Gasteiger partial charge in [-0.05, 0) is 13.8 Å². The first kappa shape index (κ1) is 8.14. The summed E-state index contributed by atoms with van der Waals surface area (Å²) in [5.41, 5.74) is 0. The SMILES string of the molecule is C.CC(C)n1cnnc1. The zero-order valence-corrected chi connectivity index (χ0v) is 5.07. The van der Waals surface area contributed by atoms with Crippen LogP contribution >= 0.6 is 0 Å². The van der Waals surface area contributed by atoms with Gasteiger partial charge in [0.25, 0.3) is 0 Å². The quantitative estimate of drug-likeness (QED) is 0.572. The normalized spacial score (nSPS) is 9.22. The van der Waals surface area contributed by atoms with E-state index in [4.69, 9.17) is 0 Å². The summed E-state index contributed by atoms with van der Waals surface area (Å²) in [7, 11) is 0. The molecule has 3 nitrogen and oxygen atoms in total. The fourth-order valence-corrected chi connectivity index (χ4v) is 0.475. The van der Waals surface area contributed by atoms with Gasteiger partial charge in [0.2, 0.25) is 0 Å². The van der Waals surface area contributed by atoms with E-state index >= 15 is 0 Å². The highest BCUT2D eigenvalue weighted by Gasteiger charge is 1.92. The molecular weight excluding hydrogens is 114 g/mol. The maximum Gasteiger partial charge on any atom is 0.119 e. The molecule has 52 valence electrons. The van der Waals surface area contributed by atoms with Gasteiger partial charge in [-0.25, -0.2) is 0 Å². The molecule has 0 aliphatic heterocycles. The lowest BCUT2D eigenvalue weighted by molar-refractivity contribution is 0.597. The summed E-state index contributed by atoms with van der Waals surface area (Å²) in [6.45, 7) is 4.17. The van der Waals surface area contributed by atoms with Gasteiger partial charge in [-0.15, -0.1) is 10.2 Å². The summed E-state index contributed by atoms with van der Waals surface area (Å²) >= 11 is 0. The summed E-state index contributed by atoms with van der Waals surface area (Å²) in [5.74, 6) is 0. The third-order valence-corrected chi connectivity index (χ3v) is 1.03. The van der Waals surface area contributed by atoms with Crippen molar-refractivity contribution in [2.45, 2.75) is 27.3 Å². The molecule has 0 radical (unpaired) electrons. The first-order valence-corrected chi connectivity index (χ1v) is 2.65. The second-order valence-electron chi connectivity index (χ2n) is 2.00. The monoisotopic (exact) mass is 127 g/mol. The van der Waals surface area contributed by atoms with E-state index in [9.17, 15) is 0 Å². The predicted molar refractivity (Wildman–Crippen MR) is 37.1 cm³/mol. The molecule has 0 aliphatic rings. The highest BCUT2D eigenvalue weighted by atomic mass is 15.2. The average Bonchev–Trinajstić information content (AvgIpc) is 2.12. The Bertz CT molecular complexity index is 143. The molecule has 0 N–H and O–H groups in total. The molecule has 1 rings (SSSR count). The summed E-state index contributed by atoms with van der Waals surface area (Å²) < 4.78 is 1.94. The van der Waals surface area contributed by atoms with Crippen LogP contribution in [0.15, 0.2) is 12.7 Å². The molecule has 0 bridgehead atoms. The standard InChI is InChI=1S/C5H9N3.CH4/c1-5(2)8-3-6-7-4-8;/h3-5H,1-2H3;1H4. The lowest BCUT2D eigenvalue weighted by atomic mass is 10.4. The van der Waals surface area contributed by atoms with Gasteiger partial charge in [0.15, 0.2) is 0 Å². The van der Waals surface area contributed by atoms with Crippen LogP contribution in [0.4, 0.5) is 0 Å². The molecule has 0 saturated carbocycles. The van der Waals surface area contributed by atoms with E-state index in [0.29, 0.717) is 6.04 Å². The van der Waals surface area contributed by atoms with Crippen molar-refractivity contribution in [3.8, 4) is 0 Å². The minimum absolute atomic E-state index is 0. The van der Waals surface area contributed by atoms with Crippen molar-refractivity contribution >= 4 is 0 Å². The number of rotatable bonds is 1. The van der Waals surface area contributed by atoms with Gasteiger partial charge in [-0.2, -0.15) is 0 Å². The molecule has 0 saturated heterocycles. The topological polar surface area (TPSA) is 30.7 Å². The molecule has 0 fully saturated rings. The molecule has 9 heavy (non-hydrogen) atoms. The highest BCUT2D eigenvalue weighted by Crippen LogP contribution is 1.98. The van der Waals surface area contributed by atoms with Crippen molar-refractivity contribution in [1.29, 1.82) is 0 Å². The van der Waals surface area contributed by atoms with Crippen LogP contribution in [-0.4, -0.2) is 14.8 Å². The van der Waals surface area contributed by atoms with Gasteiger partial charge in [-0.1, -0.05) is 7.43 Å². The molecule has 1 aromatic heterocycles. The maximum atomic E-state index is 3.66. The van der Waals surface area contributed by atoms with Gasteiger partial charge in [0.05, 0.1) is 0 Å². The number of aromatic nitrogens is 3. The van der Waals surface area contributed by atoms with Gasteiger partial charge >= 0.3 is 0 Å². The summed E-state index contributed by atoms with van der Waals surface area (Å²) in [5, 5.41) is 7.31. The molecule has 0 aliphatic carbocycles. The second kappa shape index (κ2) is 3.22.